The van der Waals surface area contributed by atoms with Crippen LogP contribution in [0.1, 0.15) is 6.92 Å². The van der Waals surface area contributed by atoms with Gasteiger partial charge in [0.25, 0.3) is 0 Å². The van der Waals surface area contributed by atoms with Crippen molar-refractivity contribution in [1.82, 2.24) is 0 Å². The third-order valence-electron chi connectivity index (χ3n) is 1.88. The Labute approximate surface area is 53.6 Å². The Morgan fingerprint density at radius 1 is 1.38 bits per heavy atom. The topological polar surface area (TPSA) is 0 Å². The molecule has 1 aliphatic heterocycles. The third-order valence-corrected chi connectivity index (χ3v) is 8.64. The second-order valence-corrected chi connectivity index (χ2v) is 12.5. The van der Waals surface area contributed by atoms with Gasteiger partial charge in [-0.1, -0.05) is 0 Å². The second kappa shape index (κ2) is 1.76. The summed E-state index contributed by atoms with van der Waals surface area (Å²) in [6.45, 7) is 2.25. The Morgan fingerprint density at radius 3 is 2.12 bits per heavy atom. The first-order valence-corrected chi connectivity index (χ1v) is 9.45. The van der Waals surface area contributed by atoms with Gasteiger partial charge in [-0.3, -0.25) is 0 Å². The van der Waals surface area contributed by atoms with E-state index in [1.807, 2.05) is 0 Å². The van der Waals surface area contributed by atoms with Crippen LogP contribution >= 0.6 is 0 Å². The van der Waals surface area contributed by atoms with Crippen molar-refractivity contribution in [3.8, 4) is 0 Å². The zero-order chi connectivity index (χ0) is 6.20. The maximum absolute atomic E-state index is 2.41. The summed E-state index contributed by atoms with van der Waals surface area (Å²) in [7, 11) is 0. The Morgan fingerprint density at radius 2 is 2.00 bits per heavy atom. The first kappa shape index (κ1) is 6.15. The molecule has 1 heterocycles. The molecule has 0 unspecified atom stereocenters. The van der Waals surface area contributed by atoms with Crippen molar-refractivity contribution in [2.24, 2.45) is 0 Å². The molecule has 0 radical (unpaired) electrons. The van der Waals surface area contributed by atoms with E-state index in [1.54, 1.807) is 4.41 Å². The Balaban J connectivity index is 2.87. The summed E-state index contributed by atoms with van der Waals surface area (Å²) >= 11 is -1.42. The Kier molecular flexibility index (Phi) is 1.35. The minimum absolute atomic E-state index is 1.42. The molecular formula is C7H12Ge. The van der Waals surface area contributed by atoms with E-state index >= 15 is 0 Å². The van der Waals surface area contributed by atoms with Crippen LogP contribution in [0.5, 0.6) is 0 Å². The quantitative estimate of drug-likeness (QED) is 0.487. The number of allylic oxidation sites excluding steroid dienone is 3. The molecule has 0 aromatic heterocycles. The molecule has 1 heteroatoms. The summed E-state index contributed by atoms with van der Waals surface area (Å²) in [4.78, 5) is 2.41. The van der Waals surface area contributed by atoms with Gasteiger partial charge in [0.2, 0.25) is 0 Å². The molecule has 8 heavy (non-hydrogen) atoms. The standard InChI is InChI=1S/C7H12Ge/c1-7-5-4-6-8(7,2)3/h4-6H,1-3H3. The van der Waals surface area contributed by atoms with Crippen molar-refractivity contribution in [3.63, 3.8) is 0 Å². The number of rotatable bonds is 0. The van der Waals surface area contributed by atoms with Crippen LogP contribution in [0.15, 0.2) is 21.5 Å². The third kappa shape index (κ3) is 0.896. The van der Waals surface area contributed by atoms with Crippen molar-refractivity contribution in [1.29, 1.82) is 0 Å². The van der Waals surface area contributed by atoms with Gasteiger partial charge in [-0.05, 0) is 0 Å². The molecule has 0 saturated carbocycles. The van der Waals surface area contributed by atoms with Gasteiger partial charge >= 0.3 is 53.2 Å². The van der Waals surface area contributed by atoms with Crippen LogP contribution in [0.2, 0.25) is 11.5 Å². The molecule has 0 spiro atoms. The number of hydrogen-bond acceptors (Lipinski definition) is 0. The zero-order valence-corrected chi connectivity index (χ0v) is 7.83. The van der Waals surface area contributed by atoms with Gasteiger partial charge in [-0.15, -0.1) is 0 Å². The molecule has 0 fully saturated rings. The zero-order valence-electron chi connectivity index (χ0n) is 5.73. The van der Waals surface area contributed by atoms with Crippen molar-refractivity contribution < 1.29 is 0 Å². The van der Waals surface area contributed by atoms with Gasteiger partial charge in [0.15, 0.2) is 0 Å². The molecule has 0 bridgehead atoms. The maximum atomic E-state index is 2.41. The van der Waals surface area contributed by atoms with Crippen molar-refractivity contribution in [3.05, 3.63) is 21.5 Å². The van der Waals surface area contributed by atoms with Crippen molar-refractivity contribution in [2.45, 2.75) is 18.4 Å². The fourth-order valence-electron chi connectivity index (χ4n) is 0.779. The molecule has 0 saturated heterocycles. The summed E-state index contributed by atoms with van der Waals surface area (Å²) in [5, 5.41) is 0. The summed E-state index contributed by atoms with van der Waals surface area (Å²) in [5.41, 5.74) is 0. The average Bonchev–Trinajstić information content (AvgIpc) is 1.86. The van der Waals surface area contributed by atoms with E-state index in [4.69, 9.17) is 0 Å². The molecule has 0 aliphatic carbocycles. The van der Waals surface area contributed by atoms with Gasteiger partial charge in [-0.25, -0.2) is 0 Å². The summed E-state index contributed by atoms with van der Waals surface area (Å²) in [6.07, 6.45) is 4.45. The van der Waals surface area contributed by atoms with Crippen LogP contribution in [0.25, 0.3) is 0 Å². The van der Waals surface area contributed by atoms with Gasteiger partial charge in [0.1, 0.15) is 0 Å². The minimum atomic E-state index is -1.42. The fraction of sp³-hybridized carbons (Fsp3) is 0.429. The van der Waals surface area contributed by atoms with Crippen molar-refractivity contribution in [2.75, 3.05) is 0 Å². The molecule has 0 aromatic carbocycles. The molecule has 0 N–H and O–H groups in total. The van der Waals surface area contributed by atoms with E-state index in [-0.39, 0.29) is 0 Å². The molecule has 0 aromatic rings. The van der Waals surface area contributed by atoms with E-state index in [2.05, 4.69) is 35.5 Å². The summed E-state index contributed by atoms with van der Waals surface area (Å²) < 4.78 is 1.64. The predicted molar refractivity (Wildman–Crippen MR) is 40.4 cm³/mol. The van der Waals surface area contributed by atoms with E-state index < -0.39 is 13.3 Å². The molecule has 1 rings (SSSR count). The summed E-state index contributed by atoms with van der Waals surface area (Å²) in [5.74, 6) is 4.82. The molecule has 1 aliphatic rings. The van der Waals surface area contributed by atoms with Crippen LogP contribution in [-0.4, -0.2) is 13.3 Å². The van der Waals surface area contributed by atoms with Gasteiger partial charge < -0.3 is 0 Å². The molecule has 0 atom stereocenters. The Hall–Kier alpha value is 0.0229. The molecule has 44 valence electrons. The monoisotopic (exact) mass is 170 g/mol. The number of hydrogen-bond donors (Lipinski definition) is 0. The van der Waals surface area contributed by atoms with E-state index in [0.29, 0.717) is 0 Å². The van der Waals surface area contributed by atoms with Crippen LogP contribution in [0.3, 0.4) is 0 Å². The molecule has 0 amide bonds. The van der Waals surface area contributed by atoms with Crippen LogP contribution in [0.4, 0.5) is 0 Å². The predicted octanol–water partition coefficient (Wildman–Crippen LogP) is 2.29. The molecular weight excluding hydrogens is 157 g/mol. The molecule has 0 nitrogen and oxygen atoms in total. The van der Waals surface area contributed by atoms with Crippen LogP contribution in [-0.2, 0) is 0 Å². The van der Waals surface area contributed by atoms with E-state index in [1.165, 1.54) is 0 Å². The van der Waals surface area contributed by atoms with Crippen LogP contribution < -0.4 is 0 Å². The first-order valence-electron chi connectivity index (χ1n) is 2.99. The Bertz CT molecular complexity index is 152. The summed E-state index contributed by atoms with van der Waals surface area (Å²) in [6, 6.07) is 0. The van der Waals surface area contributed by atoms with Gasteiger partial charge in [-0.2, -0.15) is 0 Å². The SMILES string of the molecule is C[C]1=CC=[CH][Ge]1([CH3])[CH3]. The van der Waals surface area contributed by atoms with E-state index in [0.717, 1.165) is 0 Å². The van der Waals surface area contributed by atoms with Crippen LogP contribution in [0, 0.1) is 0 Å². The van der Waals surface area contributed by atoms with Gasteiger partial charge in [0.05, 0.1) is 0 Å². The fourth-order valence-corrected chi connectivity index (χ4v) is 3.65. The second-order valence-electron chi connectivity index (χ2n) is 2.93. The van der Waals surface area contributed by atoms with Crippen molar-refractivity contribution >= 4 is 13.3 Å². The van der Waals surface area contributed by atoms with Gasteiger partial charge in [0, 0.05) is 0 Å². The normalized spacial score (nSPS) is 23.6. The average molecular weight is 169 g/mol. The first-order chi connectivity index (χ1) is 3.63. The van der Waals surface area contributed by atoms with E-state index in [9.17, 15) is 0 Å².